The van der Waals surface area contributed by atoms with E-state index >= 15 is 0 Å². The fraction of sp³-hybridized carbons (Fsp3) is 0.0541. The Bertz CT molecular complexity index is 3720. The van der Waals surface area contributed by atoms with Crippen molar-refractivity contribution in [1.29, 1.82) is 0 Å². The molecule has 0 bridgehead atoms. The van der Waals surface area contributed by atoms with Crippen LogP contribution in [0.1, 0.15) is 58.5 Å². The molecule has 0 atom stereocenters. The summed E-state index contributed by atoms with van der Waals surface area (Å²) in [4.78, 5) is 5.78. The first-order valence-electron chi connectivity index (χ1n) is 26.6. The largest absolute Gasteiger partial charge is 0.320 e. The van der Waals surface area contributed by atoms with E-state index in [0.29, 0.717) is 0 Å². The third-order valence-electron chi connectivity index (χ3n) is 13.9. The van der Waals surface area contributed by atoms with Crippen LogP contribution in [-0.2, 0) is 0 Å². The van der Waals surface area contributed by atoms with Gasteiger partial charge in [0, 0.05) is 43.6 Å². The van der Waals surface area contributed by atoms with Gasteiger partial charge in [-0.05, 0) is 160 Å². The molecule has 6 aromatic carbocycles. The van der Waals surface area contributed by atoms with Crippen molar-refractivity contribution in [3.63, 3.8) is 0 Å². The zero-order chi connectivity index (χ0) is 53.3. The highest BCUT2D eigenvalue weighted by molar-refractivity contribution is 7.90. The number of hydrogen-bond acceptors (Lipinski definition) is 3. The molecule has 2 aromatic heterocycles. The summed E-state index contributed by atoms with van der Waals surface area (Å²) >= 11 is 6.51. The van der Waals surface area contributed by atoms with E-state index in [0.717, 1.165) is 81.0 Å². The summed E-state index contributed by atoms with van der Waals surface area (Å²) in [6.45, 7) is 8.64. The van der Waals surface area contributed by atoms with Crippen molar-refractivity contribution in [1.82, 2.24) is 4.57 Å². The van der Waals surface area contributed by atoms with Crippen molar-refractivity contribution in [3.05, 3.63) is 330 Å². The Morgan fingerprint density at radius 2 is 1.17 bits per heavy atom. The molecular weight excluding hydrogens is 981 g/mol. The van der Waals surface area contributed by atoms with Crippen LogP contribution < -0.4 is 4.90 Å². The molecule has 2 heterocycles. The summed E-state index contributed by atoms with van der Waals surface area (Å²) < 4.78 is 2.30. The number of allylic oxidation sites excluding steroid dienone is 15. The molecule has 0 saturated carbocycles. The molecule has 0 spiro atoms. The molecule has 78 heavy (non-hydrogen) atoms. The molecule has 2 nitrogen and oxygen atoms in total. The van der Waals surface area contributed by atoms with Gasteiger partial charge >= 0.3 is 0 Å². The minimum Gasteiger partial charge on any atom is -0.320 e. The van der Waals surface area contributed by atoms with Gasteiger partial charge in [-0.1, -0.05) is 232 Å². The molecule has 0 N–H and O–H groups in total. The minimum atomic E-state index is 0.806. The number of hydrogen-bond donors (Lipinski definition) is 1. The number of anilines is 2. The maximum atomic E-state index is 4.73. The van der Waals surface area contributed by atoms with Gasteiger partial charge in [-0.3, -0.25) is 0 Å². The van der Waals surface area contributed by atoms with Crippen molar-refractivity contribution in [2.24, 2.45) is 0 Å². The second-order valence-corrected chi connectivity index (χ2v) is 20.6. The van der Waals surface area contributed by atoms with Crippen LogP contribution in [0.4, 0.5) is 11.4 Å². The maximum absolute atomic E-state index is 4.73. The van der Waals surface area contributed by atoms with Crippen LogP contribution in [0.5, 0.6) is 0 Å². The molecular formula is C74H62N2S2. The summed E-state index contributed by atoms with van der Waals surface area (Å²) in [6, 6.07) is 71.2. The standard InChI is InChI=1S/C74H62N2S2/c1-3-56(20-17-31-71-53-54-74(78-71)66-28-15-8-16-29-66)33-38-64-40-39-60(61-36-34-57(35-37-61)21-18-32-73(77)65-26-13-7-14-27-65)30-19-55-75(72(64)4-2)67-49-51-70(52-50-67)76(68-45-41-62(42-46-68)58-22-9-5-10-23-58)69-47-43-63(44-48-69)59-24-11-6-12-25-59/h3-5,7-11,13-49,51,53-55,77H,1-2,6,12,50,52H2/b21-18+,31-17+,38-33+,40-39?,55-19?,56-20+,60-30?,72-64?,73-32-. The highest BCUT2D eigenvalue weighted by Gasteiger charge is 2.19. The molecule has 8 aromatic rings. The van der Waals surface area contributed by atoms with Gasteiger partial charge in [0.1, 0.15) is 0 Å². The quantitative estimate of drug-likeness (QED) is 0.0706. The van der Waals surface area contributed by atoms with Crippen molar-refractivity contribution >= 4 is 75.8 Å². The lowest BCUT2D eigenvalue weighted by Crippen LogP contribution is -2.18. The molecule has 0 amide bonds. The number of benzene rings is 6. The van der Waals surface area contributed by atoms with Gasteiger partial charge in [0.25, 0.3) is 0 Å². The zero-order valence-electron chi connectivity index (χ0n) is 43.8. The summed E-state index contributed by atoms with van der Waals surface area (Å²) in [5, 5.41) is 0. The Kier molecular flexibility index (Phi) is 17.6. The van der Waals surface area contributed by atoms with E-state index in [2.05, 4.69) is 284 Å². The first-order valence-corrected chi connectivity index (χ1v) is 27.9. The predicted octanol–water partition coefficient (Wildman–Crippen LogP) is 21.2. The molecule has 0 unspecified atom stereocenters. The van der Waals surface area contributed by atoms with Gasteiger partial charge in [-0.2, -0.15) is 0 Å². The van der Waals surface area contributed by atoms with Crippen LogP contribution in [-0.4, -0.2) is 4.57 Å². The molecule has 0 fully saturated rings. The fourth-order valence-electron chi connectivity index (χ4n) is 9.69. The van der Waals surface area contributed by atoms with Crippen LogP contribution in [0.3, 0.4) is 0 Å². The van der Waals surface area contributed by atoms with E-state index in [-0.39, 0.29) is 0 Å². The summed E-state index contributed by atoms with van der Waals surface area (Å²) in [5.74, 6) is 0. The highest BCUT2D eigenvalue weighted by atomic mass is 32.1. The van der Waals surface area contributed by atoms with Crippen LogP contribution in [0, 0.1) is 0 Å². The summed E-state index contributed by atoms with van der Waals surface area (Å²) in [5.41, 5.74) is 18.2. The molecule has 0 aliphatic heterocycles. The van der Waals surface area contributed by atoms with Gasteiger partial charge in [0.05, 0.1) is 5.69 Å². The van der Waals surface area contributed by atoms with E-state index in [1.807, 2.05) is 36.4 Å². The van der Waals surface area contributed by atoms with Crippen molar-refractivity contribution < 1.29 is 0 Å². The predicted molar refractivity (Wildman–Crippen MR) is 345 cm³/mol. The first-order chi connectivity index (χ1) is 38.5. The van der Waals surface area contributed by atoms with Crippen LogP contribution in [0.2, 0.25) is 0 Å². The molecule has 2 aliphatic rings. The summed E-state index contributed by atoms with van der Waals surface area (Å²) in [7, 11) is 0. The second kappa shape index (κ2) is 26.2. The average molecular weight is 1040 g/mol. The molecule has 2 aliphatic carbocycles. The Morgan fingerprint density at radius 1 is 0.551 bits per heavy atom. The topological polar surface area (TPSA) is 8.17 Å². The Hall–Kier alpha value is -8.93. The lowest BCUT2D eigenvalue weighted by atomic mass is 9.98. The monoisotopic (exact) mass is 1040 g/mol. The van der Waals surface area contributed by atoms with E-state index in [1.165, 1.54) is 49.0 Å². The zero-order valence-corrected chi connectivity index (χ0v) is 45.5. The van der Waals surface area contributed by atoms with Crippen molar-refractivity contribution in [2.45, 2.75) is 25.7 Å². The number of rotatable bonds is 17. The van der Waals surface area contributed by atoms with Crippen LogP contribution in [0.15, 0.2) is 298 Å². The molecule has 380 valence electrons. The number of thiophene rings is 1. The van der Waals surface area contributed by atoms with Gasteiger partial charge in [0.2, 0.25) is 0 Å². The van der Waals surface area contributed by atoms with Crippen LogP contribution >= 0.6 is 24.0 Å². The van der Waals surface area contributed by atoms with Gasteiger partial charge in [-0.25, -0.2) is 0 Å². The minimum absolute atomic E-state index is 0.806. The lowest BCUT2D eigenvalue weighted by Gasteiger charge is -2.30. The number of nitrogens with zero attached hydrogens (tertiary/aromatic N) is 2. The summed E-state index contributed by atoms with van der Waals surface area (Å²) in [6.07, 6.45) is 38.2. The van der Waals surface area contributed by atoms with Gasteiger partial charge in [-0.15, -0.1) is 24.0 Å². The van der Waals surface area contributed by atoms with E-state index in [1.54, 1.807) is 11.3 Å². The molecule has 10 rings (SSSR count). The van der Waals surface area contributed by atoms with E-state index in [9.17, 15) is 0 Å². The third-order valence-corrected chi connectivity index (χ3v) is 15.4. The third kappa shape index (κ3) is 13.4. The number of thiol groups is 1. The fourth-order valence-corrected chi connectivity index (χ4v) is 10.9. The van der Waals surface area contributed by atoms with Gasteiger partial charge < -0.3 is 9.47 Å². The van der Waals surface area contributed by atoms with E-state index in [4.69, 9.17) is 12.6 Å². The first kappa shape index (κ1) is 52.5. The Labute approximate surface area is 471 Å². The SMILES string of the molecule is C=CC(/C=C/c1ccc(-c2ccc(/C=C/C=C(\S)c3ccccc3)cc2)cccn(C2=CC=C(N(c3ccc(C4=CCCC=C4)cc3)c3ccc(-c4ccccc4)cc3)CC2)c1C=C)=C\C=C\c1ccc(-c2ccccc2)s1. The smallest absolute Gasteiger partial charge is 0.0518 e. The highest BCUT2D eigenvalue weighted by Crippen LogP contribution is 2.38. The van der Waals surface area contributed by atoms with Crippen molar-refractivity contribution in [2.75, 3.05) is 4.90 Å². The van der Waals surface area contributed by atoms with Gasteiger partial charge in [0.15, 0.2) is 0 Å². The second-order valence-electron chi connectivity index (χ2n) is 19.0. The molecule has 0 saturated heterocycles. The Morgan fingerprint density at radius 3 is 1.82 bits per heavy atom. The normalized spacial score (nSPS) is 13.8. The molecule has 0 radical (unpaired) electrons. The Balaban J connectivity index is 1.00. The van der Waals surface area contributed by atoms with Crippen molar-refractivity contribution in [3.8, 4) is 32.7 Å². The number of aromatic nitrogens is 1. The lowest BCUT2D eigenvalue weighted by molar-refractivity contribution is 0.871. The van der Waals surface area contributed by atoms with E-state index < -0.39 is 0 Å². The van der Waals surface area contributed by atoms with Crippen LogP contribution in [0.25, 0.3) is 73.2 Å². The average Bonchev–Trinajstić information content (AvgIpc) is 4.06. The molecule has 4 heteroatoms. The maximum Gasteiger partial charge on any atom is 0.0518 e.